The lowest BCUT2D eigenvalue weighted by Gasteiger charge is -2.38. The molecule has 1 aromatic carbocycles. The third-order valence-electron chi connectivity index (χ3n) is 5.33. The van der Waals surface area contributed by atoms with E-state index in [0.29, 0.717) is 22.5 Å². The van der Waals surface area contributed by atoms with Crippen LogP contribution in [0.1, 0.15) is 58.2 Å². The maximum atomic E-state index is 13.6. The first kappa shape index (κ1) is 26.7. The molecule has 9 nitrogen and oxygen atoms in total. The molecule has 35 heavy (non-hydrogen) atoms. The van der Waals surface area contributed by atoms with Gasteiger partial charge in [-0.2, -0.15) is 0 Å². The number of ether oxygens (including phenoxy) is 2. The van der Waals surface area contributed by atoms with Crippen molar-refractivity contribution in [2.75, 3.05) is 10.5 Å². The van der Waals surface area contributed by atoms with Crippen molar-refractivity contribution in [2.24, 2.45) is 0 Å². The number of anilines is 1. The standard InChI is InChI=1S/C24H30FN3O6S/c1-6-35(31,32)28-23-26-20(14(2)3)18(21(27-23)15-7-9-16(25)10-8-15)12-11-17-13-19(22(29)30)34-24(4,5)33-17/h7-12,14,17,19H,6,13H2,1-5H3,(H,29,30)(H,26,27,28)/b12-11+/t17-,19-/m1/s1. The van der Waals surface area contributed by atoms with Crippen LogP contribution >= 0.6 is 0 Å². The summed E-state index contributed by atoms with van der Waals surface area (Å²) in [6.45, 7) is 8.60. The Morgan fingerprint density at radius 2 is 1.91 bits per heavy atom. The molecule has 0 unspecified atom stereocenters. The molecule has 1 aliphatic rings. The molecule has 3 rings (SSSR count). The van der Waals surface area contributed by atoms with Crippen LogP contribution in [0.25, 0.3) is 17.3 Å². The van der Waals surface area contributed by atoms with Crippen molar-refractivity contribution in [3.05, 3.63) is 47.4 Å². The highest BCUT2D eigenvalue weighted by atomic mass is 32.2. The van der Waals surface area contributed by atoms with Crippen LogP contribution in [-0.4, -0.2) is 53.2 Å². The zero-order chi connectivity index (χ0) is 26.0. The first-order chi connectivity index (χ1) is 16.3. The second kappa shape index (κ2) is 10.4. The minimum atomic E-state index is -3.63. The average Bonchev–Trinajstić information content (AvgIpc) is 2.76. The number of benzene rings is 1. The number of aromatic nitrogens is 2. The van der Waals surface area contributed by atoms with Gasteiger partial charge in [0.15, 0.2) is 11.9 Å². The lowest BCUT2D eigenvalue weighted by atomic mass is 9.97. The SMILES string of the molecule is CCS(=O)(=O)Nc1nc(-c2ccc(F)cc2)c(/C=C/[C@@H]2C[C@H](C(=O)O)OC(C)(C)O2)c(C(C)C)n1. The van der Waals surface area contributed by atoms with Crippen molar-refractivity contribution < 1.29 is 32.2 Å². The van der Waals surface area contributed by atoms with Gasteiger partial charge in [0.2, 0.25) is 16.0 Å². The number of halogens is 1. The molecule has 1 aromatic heterocycles. The molecule has 2 aromatic rings. The molecule has 0 bridgehead atoms. The van der Waals surface area contributed by atoms with Crippen LogP contribution < -0.4 is 4.72 Å². The van der Waals surface area contributed by atoms with Gasteiger partial charge in [-0.3, -0.25) is 4.72 Å². The molecule has 0 aliphatic carbocycles. The smallest absolute Gasteiger partial charge is 0.333 e. The number of hydrogen-bond donors (Lipinski definition) is 2. The highest BCUT2D eigenvalue weighted by molar-refractivity contribution is 7.92. The number of aliphatic carboxylic acids is 1. The van der Waals surface area contributed by atoms with Gasteiger partial charge >= 0.3 is 5.97 Å². The van der Waals surface area contributed by atoms with E-state index in [2.05, 4.69) is 14.7 Å². The normalized spacial score (nSPS) is 20.3. The van der Waals surface area contributed by atoms with E-state index in [-0.39, 0.29) is 24.0 Å². The lowest BCUT2D eigenvalue weighted by Crippen LogP contribution is -2.46. The van der Waals surface area contributed by atoms with Crippen molar-refractivity contribution in [1.29, 1.82) is 0 Å². The monoisotopic (exact) mass is 507 g/mol. The Labute approximate surface area is 204 Å². The van der Waals surface area contributed by atoms with Crippen LogP contribution in [0.2, 0.25) is 0 Å². The van der Waals surface area contributed by atoms with E-state index in [1.807, 2.05) is 13.8 Å². The fraction of sp³-hybridized carbons (Fsp3) is 0.458. The van der Waals surface area contributed by atoms with E-state index >= 15 is 0 Å². The van der Waals surface area contributed by atoms with Crippen LogP contribution in [0.15, 0.2) is 30.3 Å². The van der Waals surface area contributed by atoms with E-state index < -0.39 is 39.8 Å². The van der Waals surface area contributed by atoms with Crippen molar-refractivity contribution in [3.8, 4) is 11.3 Å². The average molecular weight is 508 g/mol. The molecule has 0 radical (unpaired) electrons. The summed E-state index contributed by atoms with van der Waals surface area (Å²) in [4.78, 5) is 20.4. The summed E-state index contributed by atoms with van der Waals surface area (Å²) in [6, 6.07) is 5.67. The summed E-state index contributed by atoms with van der Waals surface area (Å²) in [5.74, 6) is -2.96. The van der Waals surface area contributed by atoms with Gasteiger partial charge in [-0.1, -0.05) is 26.0 Å². The summed E-state index contributed by atoms with van der Waals surface area (Å²) in [7, 11) is -3.63. The maximum Gasteiger partial charge on any atom is 0.333 e. The molecule has 11 heteroatoms. The zero-order valence-corrected chi connectivity index (χ0v) is 21.1. The highest BCUT2D eigenvalue weighted by Crippen LogP contribution is 2.32. The molecule has 0 amide bonds. The number of hydrogen-bond acceptors (Lipinski definition) is 7. The summed E-state index contributed by atoms with van der Waals surface area (Å²) >= 11 is 0. The first-order valence-corrected chi connectivity index (χ1v) is 12.9. The molecule has 1 aliphatic heterocycles. The molecule has 2 atom stereocenters. The van der Waals surface area contributed by atoms with E-state index in [1.165, 1.54) is 19.1 Å². The summed E-state index contributed by atoms with van der Waals surface area (Å²) in [5, 5.41) is 9.44. The largest absolute Gasteiger partial charge is 0.479 e. The Hall–Kier alpha value is -2.89. The Morgan fingerprint density at radius 1 is 1.26 bits per heavy atom. The molecule has 190 valence electrons. The Balaban J connectivity index is 2.12. The first-order valence-electron chi connectivity index (χ1n) is 11.2. The molecule has 1 saturated heterocycles. The van der Waals surface area contributed by atoms with E-state index in [1.54, 1.807) is 38.1 Å². The van der Waals surface area contributed by atoms with Gasteiger partial charge in [0.1, 0.15) is 5.82 Å². The Bertz CT molecular complexity index is 1210. The Kier molecular flexibility index (Phi) is 7.93. The summed E-state index contributed by atoms with van der Waals surface area (Å²) < 4.78 is 51.7. The van der Waals surface area contributed by atoms with Gasteiger partial charge in [0, 0.05) is 17.5 Å². The van der Waals surface area contributed by atoms with Gasteiger partial charge < -0.3 is 14.6 Å². The molecule has 0 saturated carbocycles. The molecule has 1 fully saturated rings. The third-order valence-corrected chi connectivity index (χ3v) is 6.58. The predicted octanol–water partition coefficient (Wildman–Crippen LogP) is 4.18. The fourth-order valence-corrected chi connectivity index (χ4v) is 4.20. The molecule has 0 spiro atoms. The van der Waals surface area contributed by atoms with Crippen LogP contribution in [0.3, 0.4) is 0 Å². The Morgan fingerprint density at radius 3 is 2.49 bits per heavy atom. The van der Waals surface area contributed by atoms with Crippen LogP contribution in [0.5, 0.6) is 0 Å². The van der Waals surface area contributed by atoms with Crippen molar-refractivity contribution in [2.45, 2.75) is 65.0 Å². The fourth-order valence-electron chi connectivity index (χ4n) is 3.69. The quantitative estimate of drug-likeness (QED) is 0.545. The summed E-state index contributed by atoms with van der Waals surface area (Å²) in [6.07, 6.45) is 1.95. The summed E-state index contributed by atoms with van der Waals surface area (Å²) in [5.41, 5.74) is 2.11. The number of carboxylic acid groups (broad SMARTS) is 1. The van der Waals surface area contributed by atoms with E-state index in [0.717, 1.165) is 0 Å². The number of rotatable bonds is 8. The minimum absolute atomic E-state index is 0.0820. The number of carbonyl (C=O) groups is 1. The minimum Gasteiger partial charge on any atom is -0.479 e. The second-order valence-corrected chi connectivity index (χ2v) is 11.0. The number of sulfonamides is 1. The van der Waals surface area contributed by atoms with Crippen molar-refractivity contribution in [1.82, 2.24) is 9.97 Å². The molecular weight excluding hydrogens is 477 g/mol. The second-order valence-electron chi connectivity index (χ2n) is 8.96. The molecular formula is C24H30FN3O6S. The number of carboxylic acids is 1. The van der Waals surface area contributed by atoms with Crippen LogP contribution in [-0.2, 0) is 24.3 Å². The van der Waals surface area contributed by atoms with Gasteiger partial charge in [-0.15, -0.1) is 0 Å². The third kappa shape index (κ3) is 6.83. The lowest BCUT2D eigenvalue weighted by molar-refractivity contribution is -0.288. The topological polar surface area (TPSA) is 128 Å². The van der Waals surface area contributed by atoms with Crippen molar-refractivity contribution in [3.63, 3.8) is 0 Å². The molecule has 2 N–H and O–H groups in total. The number of nitrogens with zero attached hydrogens (tertiary/aromatic N) is 2. The van der Waals surface area contributed by atoms with Gasteiger partial charge in [-0.25, -0.2) is 27.6 Å². The molecule has 2 heterocycles. The van der Waals surface area contributed by atoms with Gasteiger partial charge in [-0.05, 0) is 51.0 Å². The zero-order valence-electron chi connectivity index (χ0n) is 20.3. The van der Waals surface area contributed by atoms with Crippen molar-refractivity contribution >= 4 is 28.0 Å². The van der Waals surface area contributed by atoms with Gasteiger partial charge in [0.25, 0.3) is 0 Å². The maximum absolute atomic E-state index is 13.6. The van der Waals surface area contributed by atoms with E-state index in [9.17, 15) is 22.7 Å². The van der Waals surface area contributed by atoms with Crippen LogP contribution in [0.4, 0.5) is 10.3 Å². The van der Waals surface area contributed by atoms with E-state index in [4.69, 9.17) is 9.47 Å². The van der Waals surface area contributed by atoms with Gasteiger partial charge in [0.05, 0.1) is 23.2 Å². The van der Waals surface area contributed by atoms with Crippen LogP contribution in [0, 0.1) is 5.82 Å². The number of nitrogens with one attached hydrogen (secondary N) is 1. The predicted molar refractivity (Wildman–Crippen MR) is 130 cm³/mol. The highest BCUT2D eigenvalue weighted by Gasteiger charge is 2.38.